The number of carboxylic acid groups (broad SMARTS) is 1. The number of esters is 1. The number of alkyl halides is 3. The molecule has 0 heterocycles. The summed E-state index contributed by atoms with van der Waals surface area (Å²) in [6.07, 6.45) is -1.91. The molecule has 0 unspecified atom stereocenters. The molecule has 0 bridgehead atoms. The Balaban J connectivity index is 0.000000345. The molecule has 0 radical (unpaired) electrons. The Bertz CT molecular complexity index is 980. The lowest BCUT2D eigenvalue weighted by atomic mass is 10.1. The molecule has 3 aromatic rings. The first-order valence-corrected chi connectivity index (χ1v) is 7.99. The second-order valence-electron chi connectivity index (χ2n) is 5.48. The van der Waals surface area contributed by atoms with Crippen molar-refractivity contribution in [1.29, 1.82) is 0 Å². The summed E-state index contributed by atoms with van der Waals surface area (Å²) in [5, 5.41) is 9.30. The molecule has 0 saturated carbocycles. The van der Waals surface area contributed by atoms with Gasteiger partial charge in [0, 0.05) is 6.08 Å². The van der Waals surface area contributed by atoms with Gasteiger partial charge in [-0.3, -0.25) is 0 Å². The van der Waals surface area contributed by atoms with Crippen molar-refractivity contribution in [3.8, 4) is 5.75 Å². The molecule has 0 fully saturated rings. The van der Waals surface area contributed by atoms with Crippen LogP contribution in [0.1, 0.15) is 5.56 Å². The van der Waals surface area contributed by atoms with E-state index in [0.29, 0.717) is 5.75 Å². The van der Waals surface area contributed by atoms with Gasteiger partial charge in [-0.1, -0.05) is 60.7 Å². The molecule has 0 amide bonds. The van der Waals surface area contributed by atoms with Crippen molar-refractivity contribution in [1.82, 2.24) is 0 Å². The van der Waals surface area contributed by atoms with Gasteiger partial charge in [-0.15, -0.1) is 0 Å². The molecular formula is C21H15F3O4. The molecule has 144 valence electrons. The van der Waals surface area contributed by atoms with Gasteiger partial charge in [0.15, 0.2) is 0 Å². The highest BCUT2D eigenvalue weighted by atomic mass is 19.4. The van der Waals surface area contributed by atoms with Crippen LogP contribution < -0.4 is 4.74 Å². The smallest absolute Gasteiger partial charge is 0.475 e. The normalized spacial score (nSPS) is 11.0. The van der Waals surface area contributed by atoms with E-state index in [0.717, 1.165) is 16.3 Å². The SMILES string of the molecule is O=C(C=Cc1ccccc1)Oc1ccc2ccccc2c1.O=C(O)C(F)(F)F. The number of ether oxygens (including phenoxy) is 1. The maximum Gasteiger partial charge on any atom is 0.490 e. The number of fused-ring (bicyclic) bond motifs is 1. The number of halogens is 3. The third-order valence-corrected chi connectivity index (χ3v) is 3.39. The minimum atomic E-state index is -5.08. The number of carbonyl (C=O) groups excluding carboxylic acids is 1. The molecule has 0 atom stereocenters. The predicted molar refractivity (Wildman–Crippen MR) is 98.7 cm³/mol. The highest BCUT2D eigenvalue weighted by Crippen LogP contribution is 2.20. The van der Waals surface area contributed by atoms with Gasteiger partial charge in [0.05, 0.1) is 0 Å². The van der Waals surface area contributed by atoms with Crippen LogP contribution in [-0.4, -0.2) is 23.2 Å². The Morgan fingerprint density at radius 2 is 1.43 bits per heavy atom. The van der Waals surface area contributed by atoms with Crippen molar-refractivity contribution in [2.45, 2.75) is 6.18 Å². The van der Waals surface area contributed by atoms with E-state index < -0.39 is 12.1 Å². The number of carbonyl (C=O) groups is 2. The maximum absolute atomic E-state index is 11.8. The Morgan fingerprint density at radius 3 is 2.04 bits per heavy atom. The van der Waals surface area contributed by atoms with E-state index in [1.807, 2.05) is 66.7 Å². The van der Waals surface area contributed by atoms with Crippen molar-refractivity contribution >= 4 is 28.8 Å². The first kappa shape index (κ1) is 20.7. The van der Waals surface area contributed by atoms with Crippen molar-refractivity contribution in [3.63, 3.8) is 0 Å². The third kappa shape index (κ3) is 6.60. The largest absolute Gasteiger partial charge is 0.490 e. The summed E-state index contributed by atoms with van der Waals surface area (Å²) >= 11 is 0. The Labute approximate surface area is 158 Å². The average molecular weight is 388 g/mol. The maximum atomic E-state index is 11.8. The molecule has 0 aromatic heterocycles. The summed E-state index contributed by atoms with van der Waals surface area (Å²) < 4.78 is 37.1. The second kappa shape index (κ2) is 9.36. The van der Waals surface area contributed by atoms with Crippen LogP contribution in [0, 0.1) is 0 Å². The average Bonchev–Trinajstić information content (AvgIpc) is 2.67. The van der Waals surface area contributed by atoms with Crippen LogP contribution in [0.4, 0.5) is 13.2 Å². The van der Waals surface area contributed by atoms with E-state index in [1.54, 1.807) is 12.1 Å². The number of hydrogen-bond acceptors (Lipinski definition) is 3. The Kier molecular flexibility index (Phi) is 6.92. The molecule has 0 aliphatic rings. The van der Waals surface area contributed by atoms with E-state index in [-0.39, 0.29) is 5.97 Å². The summed E-state index contributed by atoms with van der Waals surface area (Å²) in [6.45, 7) is 0. The van der Waals surface area contributed by atoms with Gasteiger partial charge in [0.1, 0.15) is 5.75 Å². The fraction of sp³-hybridized carbons (Fsp3) is 0.0476. The number of benzene rings is 3. The first-order chi connectivity index (χ1) is 13.3. The van der Waals surface area contributed by atoms with Crippen molar-refractivity contribution < 1.29 is 32.6 Å². The highest BCUT2D eigenvalue weighted by Gasteiger charge is 2.38. The predicted octanol–water partition coefficient (Wildman–Crippen LogP) is 5.09. The molecule has 0 spiro atoms. The zero-order valence-electron chi connectivity index (χ0n) is 14.4. The number of aliphatic carboxylic acids is 1. The summed E-state index contributed by atoms with van der Waals surface area (Å²) in [5.74, 6) is -2.59. The topological polar surface area (TPSA) is 63.6 Å². The van der Waals surface area contributed by atoms with Gasteiger partial charge in [-0.25, -0.2) is 9.59 Å². The van der Waals surface area contributed by atoms with Crippen LogP contribution in [0.5, 0.6) is 5.75 Å². The number of carboxylic acids is 1. The Morgan fingerprint density at radius 1 is 0.857 bits per heavy atom. The van der Waals surface area contributed by atoms with E-state index in [9.17, 15) is 18.0 Å². The van der Waals surface area contributed by atoms with Gasteiger partial charge in [-0.05, 0) is 34.5 Å². The quantitative estimate of drug-likeness (QED) is 0.386. The van der Waals surface area contributed by atoms with Crippen molar-refractivity contribution in [3.05, 3.63) is 84.4 Å². The molecule has 0 saturated heterocycles. The third-order valence-electron chi connectivity index (χ3n) is 3.39. The number of hydrogen-bond donors (Lipinski definition) is 1. The van der Waals surface area contributed by atoms with Crippen LogP contribution >= 0.6 is 0 Å². The van der Waals surface area contributed by atoms with Crippen LogP contribution in [0.3, 0.4) is 0 Å². The summed E-state index contributed by atoms with van der Waals surface area (Å²) in [7, 11) is 0. The van der Waals surface area contributed by atoms with Gasteiger partial charge in [-0.2, -0.15) is 13.2 Å². The van der Waals surface area contributed by atoms with Crippen LogP contribution in [0.2, 0.25) is 0 Å². The minimum Gasteiger partial charge on any atom is -0.475 e. The standard InChI is InChI=1S/C19H14O2.C2HF3O2/c20-19(13-10-15-6-2-1-3-7-15)21-18-12-11-16-8-4-5-9-17(16)14-18;3-2(4,5)1(6)7/h1-14H;(H,6,7). The van der Waals surface area contributed by atoms with E-state index in [1.165, 1.54) is 6.08 Å². The minimum absolute atomic E-state index is 0.380. The Hall–Kier alpha value is -3.61. The summed E-state index contributed by atoms with van der Waals surface area (Å²) in [5.41, 5.74) is 0.966. The van der Waals surface area contributed by atoms with Gasteiger partial charge >= 0.3 is 18.1 Å². The first-order valence-electron chi connectivity index (χ1n) is 7.99. The fourth-order valence-electron chi connectivity index (χ4n) is 2.11. The zero-order chi connectivity index (χ0) is 20.6. The van der Waals surface area contributed by atoms with Crippen molar-refractivity contribution in [2.24, 2.45) is 0 Å². The van der Waals surface area contributed by atoms with Crippen LogP contribution in [0.25, 0.3) is 16.8 Å². The van der Waals surface area contributed by atoms with Crippen LogP contribution in [0.15, 0.2) is 78.9 Å². The lowest BCUT2D eigenvalue weighted by Gasteiger charge is -2.03. The summed E-state index contributed by atoms with van der Waals surface area (Å²) in [6, 6.07) is 23.2. The molecular weight excluding hydrogens is 373 g/mol. The number of rotatable bonds is 3. The van der Waals surface area contributed by atoms with E-state index in [4.69, 9.17) is 14.6 Å². The molecule has 1 N–H and O–H groups in total. The lowest BCUT2D eigenvalue weighted by Crippen LogP contribution is -2.21. The fourth-order valence-corrected chi connectivity index (χ4v) is 2.11. The molecule has 0 aliphatic heterocycles. The zero-order valence-corrected chi connectivity index (χ0v) is 14.4. The summed E-state index contributed by atoms with van der Waals surface area (Å²) in [4.78, 5) is 20.7. The van der Waals surface area contributed by atoms with Crippen LogP contribution in [-0.2, 0) is 9.59 Å². The molecule has 3 aromatic carbocycles. The molecule has 0 aliphatic carbocycles. The van der Waals surface area contributed by atoms with E-state index >= 15 is 0 Å². The lowest BCUT2D eigenvalue weighted by molar-refractivity contribution is -0.192. The molecule has 3 rings (SSSR count). The van der Waals surface area contributed by atoms with E-state index in [2.05, 4.69) is 0 Å². The van der Waals surface area contributed by atoms with Crippen molar-refractivity contribution in [2.75, 3.05) is 0 Å². The van der Waals surface area contributed by atoms with Gasteiger partial charge < -0.3 is 9.84 Å². The molecule has 7 heteroatoms. The molecule has 4 nitrogen and oxygen atoms in total. The monoisotopic (exact) mass is 388 g/mol. The van der Waals surface area contributed by atoms with Gasteiger partial charge in [0.25, 0.3) is 0 Å². The highest BCUT2D eigenvalue weighted by molar-refractivity contribution is 5.90. The second-order valence-corrected chi connectivity index (χ2v) is 5.48. The van der Waals surface area contributed by atoms with Gasteiger partial charge in [0.2, 0.25) is 0 Å². The molecule has 28 heavy (non-hydrogen) atoms.